The van der Waals surface area contributed by atoms with Crippen LogP contribution in [0.2, 0.25) is 0 Å². The lowest BCUT2D eigenvalue weighted by Crippen LogP contribution is -2.27. The Morgan fingerprint density at radius 2 is 1.81 bits per heavy atom. The van der Waals surface area contributed by atoms with Gasteiger partial charge in [0.2, 0.25) is 5.91 Å². The minimum absolute atomic E-state index is 0.0203. The summed E-state index contributed by atoms with van der Waals surface area (Å²) in [5, 5.41) is 8.10. The normalized spacial score (nSPS) is 15.8. The molecule has 0 aliphatic carbocycles. The first-order valence-electron chi connectivity index (χ1n) is 12.5. The highest BCUT2D eigenvalue weighted by molar-refractivity contribution is 5.96. The molecule has 1 fully saturated rings. The van der Waals surface area contributed by atoms with Crippen LogP contribution in [0, 0.1) is 5.92 Å². The highest BCUT2D eigenvalue weighted by Gasteiger charge is 2.33. The molecule has 8 heteroatoms. The van der Waals surface area contributed by atoms with E-state index in [1.54, 1.807) is 11.1 Å². The molecule has 0 bridgehead atoms. The van der Waals surface area contributed by atoms with Crippen molar-refractivity contribution in [3.63, 3.8) is 0 Å². The number of nitrogens with one attached hydrogen (secondary N) is 1. The molecule has 0 radical (unpaired) electrons. The highest BCUT2D eigenvalue weighted by atomic mass is 16.6. The number of ether oxygens (including phenoxy) is 1. The van der Waals surface area contributed by atoms with Crippen molar-refractivity contribution >= 4 is 29.0 Å². The number of hydrogen-bond acceptors (Lipinski definition) is 6. The standard InChI is InChI=1S/C29H31N5O3/c1-29(2,3)37-28(36)16-21-15-27(35)33(19-21)23-11-9-22(10-12-23)24-18-31-26-14-13-25(32-34(24)26)30-17-20-7-5-4-6-8-20/h4-14,18,21H,15-17,19H2,1-3H3,(H,30,32). The minimum atomic E-state index is -0.527. The second kappa shape index (κ2) is 10.0. The number of imidazole rings is 1. The van der Waals surface area contributed by atoms with Crippen LogP contribution in [0.15, 0.2) is 72.9 Å². The van der Waals surface area contributed by atoms with Gasteiger partial charge in [-0.1, -0.05) is 42.5 Å². The third-order valence-electron chi connectivity index (χ3n) is 6.23. The quantitative estimate of drug-likeness (QED) is 0.358. The van der Waals surface area contributed by atoms with Crippen molar-refractivity contribution in [3.8, 4) is 11.3 Å². The van der Waals surface area contributed by atoms with E-state index < -0.39 is 5.60 Å². The van der Waals surface area contributed by atoms with E-state index in [1.807, 2.05) is 79.9 Å². The Kier molecular flexibility index (Phi) is 6.65. The molecule has 1 atom stereocenters. The van der Waals surface area contributed by atoms with Gasteiger partial charge in [-0.25, -0.2) is 9.50 Å². The van der Waals surface area contributed by atoms with E-state index in [4.69, 9.17) is 9.84 Å². The first-order chi connectivity index (χ1) is 17.7. The maximum Gasteiger partial charge on any atom is 0.306 e. The fourth-order valence-electron chi connectivity index (χ4n) is 4.55. The molecule has 0 saturated carbocycles. The molecule has 1 N–H and O–H groups in total. The number of anilines is 2. The minimum Gasteiger partial charge on any atom is -0.460 e. The van der Waals surface area contributed by atoms with Crippen molar-refractivity contribution in [3.05, 3.63) is 78.5 Å². The average molecular weight is 498 g/mol. The Labute approximate surface area is 216 Å². The molecule has 1 saturated heterocycles. The summed E-state index contributed by atoms with van der Waals surface area (Å²) in [6.07, 6.45) is 2.39. The first-order valence-corrected chi connectivity index (χ1v) is 12.5. The summed E-state index contributed by atoms with van der Waals surface area (Å²) in [5.74, 6) is 0.463. The summed E-state index contributed by atoms with van der Waals surface area (Å²) in [6.45, 7) is 6.72. The molecule has 190 valence electrons. The zero-order valence-electron chi connectivity index (χ0n) is 21.3. The van der Waals surface area contributed by atoms with E-state index >= 15 is 0 Å². The molecule has 2 aromatic heterocycles. The summed E-state index contributed by atoms with van der Waals surface area (Å²) in [7, 11) is 0. The number of benzene rings is 2. The largest absolute Gasteiger partial charge is 0.460 e. The number of esters is 1. The van der Waals surface area contributed by atoms with Crippen molar-refractivity contribution in [2.24, 2.45) is 5.92 Å². The average Bonchev–Trinajstić information content (AvgIpc) is 3.45. The van der Waals surface area contributed by atoms with Gasteiger partial charge in [-0.3, -0.25) is 9.59 Å². The van der Waals surface area contributed by atoms with Crippen LogP contribution in [0.1, 0.15) is 39.2 Å². The lowest BCUT2D eigenvalue weighted by molar-refractivity contribution is -0.155. The second-order valence-corrected chi connectivity index (χ2v) is 10.4. The van der Waals surface area contributed by atoms with Gasteiger partial charge in [0, 0.05) is 30.8 Å². The van der Waals surface area contributed by atoms with Gasteiger partial charge in [0.15, 0.2) is 5.65 Å². The van der Waals surface area contributed by atoms with Crippen LogP contribution in [-0.4, -0.2) is 38.6 Å². The van der Waals surface area contributed by atoms with Crippen molar-refractivity contribution in [1.82, 2.24) is 14.6 Å². The van der Waals surface area contributed by atoms with Gasteiger partial charge < -0.3 is 15.0 Å². The van der Waals surface area contributed by atoms with Crippen molar-refractivity contribution in [1.29, 1.82) is 0 Å². The smallest absolute Gasteiger partial charge is 0.306 e. The third-order valence-corrected chi connectivity index (χ3v) is 6.23. The van der Waals surface area contributed by atoms with Crippen molar-refractivity contribution in [2.45, 2.75) is 45.8 Å². The molecular formula is C29H31N5O3. The van der Waals surface area contributed by atoms with Gasteiger partial charge in [-0.05, 0) is 56.5 Å². The highest BCUT2D eigenvalue weighted by Crippen LogP contribution is 2.30. The van der Waals surface area contributed by atoms with Crippen LogP contribution in [-0.2, 0) is 20.9 Å². The molecular weight excluding hydrogens is 466 g/mol. The molecule has 8 nitrogen and oxygen atoms in total. The number of carbonyl (C=O) groups excluding carboxylic acids is 2. The van der Waals surface area contributed by atoms with E-state index in [1.165, 1.54) is 5.56 Å². The van der Waals surface area contributed by atoms with Gasteiger partial charge in [-0.15, -0.1) is 5.10 Å². The summed E-state index contributed by atoms with van der Waals surface area (Å²) in [6, 6.07) is 21.8. The summed E-state index contributed by atoms with van der Waals surface area (Å²) in [5.41, 5.74) is 4.02. The second-order valence-electron chi connectivity index (χ2n) is 10.4. The SMILES string of the molecule is CC(C)(C)OC(=O)CC1CC(=O)N(c2ccc(-c3cnc4ccc(NCc5ccccc5)nn34)cc2)C1. The number of nitrogens with zero attached hydrogens (tertiary/aromatic N) is 4. The predicted molar refractivity (Wildman–Crippen MR) is 143 cm³/mol. The molecule has 37 heavy (non-hydrogen) atoms. The van der Waals surface area contributed by atoms with E-state index in [2.05, 4.69) is 22.4 Å². The van der Waals surface area contributed by atoms with E-state index in [9.17, 15) is 9.59 Å². The van der Waals surface area contributed by atoms with Crippen molar-refractivity contribution in [2.75, 3.05) is 16.8 Å². The summed E-state index contributed by atoms with van der Waals surface area (Å²) in [4.78, 5) is 31.1. The van der Waals surface area contributed by atoms with Crippen LogP contribution >= 0.6 is 0 Å². The summed E-state index contributed by atoms with van der Waals surface area (Å²) < 4.78 is 7.25. The summed E-state index contributed by atoms with van der Waals surface area (Å²) >= 11 is 0. The molecule has 1 amide bonds. The first kappa shape index (κ1) is 24.5. The number of carbonyl (C=O) groups is 2. The van der Waals surface area contributed by atoms with Gasteiger partial charge in [-0.2, -0.15) is 0 Å². The number of hydrogen-bond donors (Lipinski definition) is 1. The molecule has 2 aromatic carbocycles. The van der Waals surface area contributed by atoms with Gasteiger partial charge in [0.1, 0.15) is 11.4 Å². The Hall–Kier alpha value is -4.20. The van der Waals surface area contributed by atoms with E-state index in [0.29, 0.717) is 19.5 Å². The van der Waals surface area contributed by atoms with Crippen LogP contribution in [0.4, 0.5) is 11.5 Å². The van der Waals surface area contributed by atoms with Crippen LogP contribution < -0.4 is 10.2 Å². The fraction of sp³-hybridized carbons (Fsp3) is 0.310. The number of aromatic nitrogens is 3. The van der Waals surface area contributed by atoms with Crippen LogP contribution in [0.5, 0.6) is 0 Å². The van der Waals surface area contributed by atoms with Crippen LogP contribution in [0.3, 0.4) is 0 Å². The maximum atomic E-state index is 12.7. The Bertz CT molecular complexity index is 1410. The van der Waals surface area contributed by atoms with Crippen LogP contribution in [0.25, 0.3) is 16.9 Å². The Morgan fingerprint density at radius 1 is 1.05 bits per heavy atom. The number of rotatable bonds is 7. The Morgan fingerprint density at radius 3 is 2.54 bits per heavy atom. The molecule has 1 aliphatic heterocycles. The zero-order valence-corrected chi connectivity index (χ0v) is 21.3. The zero-order chi connectivity index (χ0) is 26.0. The predicted octanol–water partition coefficient (Wildman–Crippen LogP) is 5.09. The third kappa shape index (κ3) is 5.80. The maximum absolute atomic E-state index is 12.7. The van der Waals surface area contributed by atoms with E-state index in [-0.39, 0.29) is 24.2 Å². The molecule has 1 aliphatic rings. The lowest BCUT2D eigenvalue weighted by Gasteiger charge is -2.21. The monoisotopic (exact) mass is 497 g/mol. The molecule has 1 unspecified atom stereocenters. The van der Waals surface area contributed by atoms with Crippen molar-refractivity contribution < 1.29 is 14.3 Å². The Balaban J connectivity index is 1.28. The topological polar surface area (TPSA) is 88.8 Å². The fourth-order valence-corrected chi connectivity index (χ4v) is 4.55. The van der Waals surface area contributed by atoms with Gasteiger partial charge >= 0.3 is 5.97 Å². The van der Waals surface area contributed by atoms with Gasteiger partial charge in [0.25, 0.3) is 0 Å². The molecule has 3 heterocycles. The molecule has 4 aromatic rings. The van der Waals surface area contributed by atoms with E-state index in [0.717, 1.165) is 28.4 Å². The number of fused-ring (bicyclic) bond motifs is 1. The molecule has 0 spiro atoms. The number of amides is 1. The van der Waals surface area contributed by atoms with Gasteiger partial charge in [0.05, 0.1) is 18.3 Å². The molecule has 5 rings (SSSR count). The lowest BCUT2D eigenvalue weighted by atomic mass is 10.0.